The fraction of sp³-hybridized carbons (Fsp3) is 0.222. The zero-order chi connectivity index (χ0) is 15.0. The van der Waals surface area contributed by atoms with E-state index in [1.165, 1.54) is 0 Å². The van der Waals surface area contributed by atoms with Gasteiger partial charge in [-0.2, -0.15) is 10.5 Å². The quantitative estimate of drug-likeness (QED) is 0.869. The van der Waals surface area contributed by atoms with Gasteiger partial charge in [-0.05, 0) is 59.9 Å². The first kappa shape index (κ1) is 13.4. The van der Waals surface area contributed by atoms with Gasteiger partial charge in [0.25, 0.3) is 0 Å². The molecule has 0 radical (unpaired) electrons. The third-order valence-corrected chi connectivity index (χ3v) is 4.08. The van der Waals surface area contributed by atoms with Crippen molar-refractivity contribution >= 4 is 0 Å². The van der Waals surface area contributed by atoms with Gasteiger partial charge in [0.2, 0.25) is 0 Å². The van der Waals surface area contributed by atoms with Crippen LogP contribution in [0.3, 0.4) is 0 Å². The van der Waals surface area contributed by atoms with Gasteiger partial charge in [0.05, 0.1) is 29.4 Å². The lowest BCUT2D eigenvalue weighted by Crippen LogP contribution is -2.23. The molecule has 0 saturated heterocycles. The Balaban J connectivity index is 2.20. The molecule has 0 aliphatic heterocycles. The predicted octanol–water partition coefficient (Wildman–Crippen LogP) is 2.85. The number of fused-ring (bicyclic) bond motifs is 2. The molecule has 0 spiro atoms. The number of benzene rings is 2. The average molecular weight is 274 g/mol. The summed E-state index contributed by atoms with van der Waals surface area (Å²) < 4.78 is 0. The molecule has 3 nitrogen and oxygen atoms in total. The Kier molecular flexibility index (Phi) is 3.22. The minimum absolute atomic E-state index is 0.107. The zero-order valence-corrected chi connectivity index (χ0v) is 11.7. The number of nitrogens with zero attached hydrogens (tertiary/aromatic N) is 2. The van der Waals surface area contributed by atoms with E-state index in [1.807, 2.05) is 24.3 Å². The van der Waals surface area contributed by atoms with Crippen LogP contribution in [0.5, 0.6) is 0 Å². The van der Waals surface area contributed by atoms with Crippen molar-refractivity contribution in [1.82, 2.24) is 0 Å². The van der Waals surface area contributed by atoms with Crippen LogP contribution in [0.1, 0.15) is 46.2 Å². The van der Waals surface area contributed by atoms with Gasteiger partial charge in [0.15, 0.2) is 0 Å². The SMILES string of the molecule is CC(O)C1c2ccc(C#N)cc2Cc2cc(C#N)ccc21. The molecule has 0 bridgehead atoms. The van der Waals surface area contributed by atoms with E-state index in [9.17, 15) is 5.11 Å². The molecule has 2 aromatic carbocycles. The lowest BCUT2D eigenvalue weighted by Gasteiger charge is -2.30. The van der Waals surface area contributed by atoms with Crippen LogP contribution in [0.15, 0.2) is 36.4 Å². The van der Waals surface area contributed by atoms with E-state index in [0.717, 1.165) is 22.3 Å². The number of hydrogen-bond donors (Lipinski definition) is 1. The molecule has 1 aliphatic rings. The highest BCUT2D eigenvalue weighted by Crippen LogP contribution is 2.39. The molecule has 3 rings (SSSR count). The molecule has 2 aromatic rings. The lowest BCUT2D eigenvalue weighted by atomic mass is 9.75. The van der Waals surface area contributed by atoms with Crippen molar-refractivity contribution in [3.05, 3.63) is 69.8 Å². The van der Waals surface area contributed by atoms with Crippen LogP contribution in [0.4, 0.5) is 0 Å². The second kappa shape index (κ2) is 5.05. The van der Waals surface area contributed by atoms with Crippen molar-refractivity contribution in [2.24, 2.45) is 0 Å². The van der Waals surface area contributed by atoms with Crippen LogP contribution in [0.2, 0.25) is 0 Å². The lowest BCUT2D eigenvalue weighted by molar-refractivity contribution is 0.175. The highest BCUT2D eigenvalue weighted by molar-refractivity contribution is 5.54. The van der Waals surface area contributed by atoms with Gasteiger partial charge >= 0.3 is 0 Å². The molecule has 0 amide bonds. The molecule has 0 fully saturated rings. The summed E-state index contributed by atoms with van der Waals surface area (Å²) in [7, 11) is 0. The van der Waals surface area contributed by atoms with Gasteiger partial charge < -0.3 is 5.11 Å². The molecule has 3 heteroatoms. The van der Waals surface area contributed by atoms with E-state index in [4.69, 9.17) is 10.5 Å². The largest absolute Gasteiger partial charge is 0.392 e. The molecule has 1 N–H and O–H groups in total. The summed E-state index contributed by atoms with van der Waals surface area (Å²) in [5.41, 5.74) is 5.50. The van der Waals surface area contributed by atoms with Crippen molar-refractivity contribution in [3.63, 3.8) is 0 Å². The molecule has 1 atom stereocenters. The van der Waals surface area contributed by atoms with Gasteiger partial charge in [-0.25, -0.2) is 0 Å². The summed E-state index contributed by atoms with van der Waals surface area (Å²) in [6.45, 7) is 1.78. The van der Waals surface area contributed by atoms with Gasteiger partial charge in [-0.1, -0.05) is 12.1 Å². The minimum atomic E-state index is -0.524. The van der Waals surface area contributed by atoms with E-state index < -0.39 is 6.10 Å². The number of hydrogen-bond acceptors (Lipinski definition) is 3. The third-order valence-electron chi connectivity index (χ3n) is 4.08. The Labute approximate surface area is 123 Å². The average Bonchev–Trinajstić information content (AvgIpc) is 2.50. The summed E-state index contributed by atoms with van der Waals surface area (Å²) in [4.78, 5) is 0. The van der Waals surface area contributed by atoms with E-state index in [-0.39, 0.29) is 5.92 Å². The van der Waals surface area contributed by atoms with E-state index >= 15 is 0 Å². The predicted molar refractivity (Wildman–Crippen MR) is 78.6 cm³/mol. The Morgan fingerprint density at radius 1 is 1.00 bits per heavy atom. The monoisotopic (exact) mass is 274 g/mol. The molecule has 0 heterocycles. The molecular weight excluding hydrogens is 260 g/mol. The number of aliphatic hydroxyl groups is 1. The summed E-state index contributed by atoms with van der Waals surface area (Å²) in [6.07, 6.45) is 0.169. The van der Waals surface area contributed by atoms with Crippen molar-refractivity contribution < 1.29 is 5.11 Å². The zero-order valence-electron chi connectivity index (χ0n) is 11.7. The van der Waals surface area contributed by atoms with E-state index in [0.29, 0.717) is 17.5 Å². The summed E-state index contributed by atoms with van der Waals surface area (Å²) in [5, 5.41) is 28.3. The molecule has 21 heavy (non-hydrogen) atoms. The summed E-state index contributed by atoms with van der Waals surface area (Å²) >= 11 is 0. The first-order valence-corrected chi connectivity index (χ1v) is 6.88. The Morgan fingerprint density at radius 2 is 1.48 bits per heavy atom. The van der Waals surface area contributed by atoms with E-state index in [2.05, 4.69) is 12.1 Å². The summed E-state index contributed by atoms with van der Waals surface area (Å²) in [5.74, 6) is -0.107. The first-order chi connectivity index (χ1) is 10.1. The second-order valence-electron chi connectivity index (χ2n) is 5.45. The Hall–Kier alpha value is -2.62. The molecular formula is C18H14N2O. The van der Waals surface area contributed by atoms with Gasteiger partial charge in [-0.15, -0.1) is 0 Å². The third kappa shape index (κ3) is 2.18. The summed E-state index contributed by atoms with van der Waals surface area (Å²) in [6, 6.07) is 15.5. The van der Waals surface area contributed by atoms with Crippen molar-refractivity contribution in [2.45, 2.75) is 25.4 Å². The fourth-order valence-electron chi connectivity index (χ4n) is 3.16. The van der Waals surface area contributed by atoms with Crippen LogP contribution in [-0.2, 0) is 6.42 Å². The van der Waals surface area contributed by atoms with Crippen LogP contribution in [0, 0.1) is 22.7 Å². The normalized spacial score (nSPS) is 14.5. The van der Waals surface area contributed by atoms with Gasteiger partial charge in [0, 0.05) is 5.92 Å². The van der Waals surface area contributed by atoms with Crippen LogP contribution in [0.25, 0.3) is 0 Å². The standard InChI is InChI=1S/C18H14N2O/c1-11(21)18-16-4-2-12(9-19)6-14(16)8-15-7-13(10-20)3-5-17(15)18/h2-7,11,18,21H,8H2,1H3. The van der Waals surface area contributed by atoms with Crippen molar-refractivity contribution in [1.29, 1.82) is 10.5 Å². The number of aliphatic hydroxyl groups excluding tert-OH is 1. The van der Waals surface area contributed by atoms with Crippen LogP contribution < -0.4 is 0 Å². The maximum atomic E-state index is 10.2. The molecule has 0 saturated carbocycles. The molecule has 0 aromatic heterocycles. The highest BCUT2D eigenvalue weighted by Gasteiger charge is 2.29. The number of rotatable bonds is 1. The van der Waals surface area contributed by atoms with Crippen molar-refractivity contribution in [2.75, 3.05) is 0 Å². The Bertz CT molecular complexity index is 730. The maximum Gasteiger partial charge on any atom is 0.0991 e. The molecule has 1 aliphatic carbocycles. The van der Waals surface area contributed by atoms with E-state index in [1.54, 1.807) is 19.1 Å². The highest BCUT2D eigenvalue weighted by atomic mass is 16.3. The van der Waals surface area contributed by atoms with Gasteiger partial charge in [0.1, 0.15) is 0 Å². The fourth-order valence-corrected chi connectivity index (χ4v) is 3.16. The van der Waals surface area contributed by atoms with Crippen LogP contribution >= 0.6 is 0 Å². The molecule has 102 valence electrons. The smallest absolute Gasteiger partial charge is 0.0991 e. The number of nitriles is 2. The minimum Gasteiger partial charge on any atom is -0.392 e. The molecule has 1 unspecified atom stereocenters. The van der Waals surface area contributed by atoms with Gasteiger partial charge in [-0.3, -0.25) is 0 Å². The van der Waals surface area contributed by atoms with Crippen molar-refractivity contribution in [3.8, 4) is 12.1 Å². The Morgan fingerprint density at radius 3 is 1.86 bits per heavy atom. The van der Waals surface area contributed by atoms with Crippen LogP contribution in [-0.4, -0.2) is 11.2 Å². The second-order valence-corrected chi connectivity index (χ2v) is 5.45. The first-order valence-electron chi connectivity index (χ1n) is 6.88. The maximum absolute atomic E-state index is 10.2. The topological polar surface area (TPSA) is 67.8 Å².